The minimum absolute atomic E-state index is 0.933. The van der Waals surface area contributed by atoms with E-state index in [9.17, 15) is 0 Å². The normalized spacial score (nSPS) is 11.6. The molecular weight excluding hydrogens is 356 g/mol. The highest BCUT2D eigenvalue weighted by atomic mass is 15.2. The molecule has 0 aliphatic carbocycles. The van der Waals surface area contributed by atoms with E-state index in [0.717, 1.165) is 37.2 Å². The topological polar surface area (TPSA) is 35.2 Å². The summed E-state index contributed by atoms with van der Waals surface area (Å²) in [6.45, 7) is 3.97. The molecule has 0 fully saturated rings. The van der Waals surface area contributed by atoms with Gasteiger partial charge in [-0.1, -0.05) is 54.6 Å². The van der Waals surface area contributed by atoms with Crippen molar-refractivity contribution < 1.29 is 0 Å². The van der Waals surface area contributed by atoms with Gasteiger partial charge in [0, 0.05) is 26.2 Å². The fourth-order valence-corrected chi connectivity index (χ4v) is 3.62. The maximum Gasteiger partial charge on any atom is 0.0931 e. The Morgan fingerprint density at radius 2 is 1.52 bits per heavy atom. The molecule has 4 rings (SSSR count). The van der Waals surface area contributed by atoms with Crippen LogP contribution < -0.4 is 0 Å². The van der Waals surface area contributed by atoms with Crippen LogP contribution in [0.1, 0.15) is 11.1 Å². The van der Waals surface area contributed by atoms with Crippen molar-refractivity contribution in [3.05, 3.63) is 90.3 Å². The molecule has 4 nitrogen and oxygen atoms in total. The van der Waals surface area contributed by atoms with Gasteiger partial charge in [0.2, 0.25) is 0 Å². The second-order valence-corrected chi connectivity index (χ2v) is 7.83. The Labute approximate surface area is 172 Å². The molecule has 3 aromatic carbocycles. The molecule has 0 atom stereocenters. The van der Waals surface area contributed by atoms with Crippen molar-refractivity contribution in [3.63, 3.8) is 0 Å². The summed E-state index contributed by atoms with van der Waals surface area (Å²) in [5, 5.41) is 0. The maximum atomic E-state index is 4.32. The quantitative estimate of drug-likeness (QED) is 0.474. The molecule has 0 unspecified atom stereocenters. The van der Waals surface area contributed by atoms with Crippen LogP contribution in [0.3, 0.4) is 0 Å². The molecule has 0 aliphatic heterocycles. The number of aromatic amines is 1. The number of hydrogen-bond acceptors (Lipinski definition) is 3. The third-order valence-electron chi connectivity index (χ3n) is 5.20. The largest absolute Gasteiger partial charge is 0.345 e. The molecule has 4 heteroatoms. The fraction of sp³-hybridized carbons (Fsp3) is 0.240. The Morgan fingerprint density at radius 3 is 2.34 bits per heavy atom. The van der Waals surface area contributed by atoms with E-state index in [2.05, 4.69) is 107 Å². The molecule has 0 saturated carbocycles. The Hall–Kier alpha value is -2.95. The maximum absolute atomic E-state index is 4.32. The molecule has 1 aromatic heterocycles. The standard InChI is InChI=1S/C25H28N4/c1-28(2)13-14-29(17-20-7-4-3-5-8-20)18-21-9-6-10-22(15-21)23-11-12-24-25(16-23)27-19-26-24/h3-12,15-16,19H,13-14,17-18H2,1-2H3,(H,26,27). The zero-order chi connectivity index (χ0) is 20.1. The summed E-state index contributed by atoms with van der Waals surface area (Å²) in [7, 11) is 4.26. The highest BCUT2D eigenvalue weighted by Gasteiger charge is 2.09. The fourth-order valence-electron chi connectivity index (χ4n) is 3.62. The van der Waals surface area contributed by atoms with Crippen LogP contribution in [0.25, 0.3) is 22.2 Å². The highest BCUT2D eigenvalue weighted by molar-refractivity contribution is 5.81. The van der Waals surface area contributed by atoms with E-state index < -0.39 is 0 Å². The van der Waals surface area contributed by atoms with Crippen molar-refractivity contribution in [2.24, 2.45) is 0 Å². The molecule has 0 amide bonds. The van der Waals surface area contributed by atoms with Crippen molar-refractivity contribution in [1.82, 2.24) is 19.8 Å². The summed E-state index contributed by atoms with van der Waals surface area (Å²) < 4.78 is 0. The van der Waals surface area contributed by atoms with Gasteiger partial charge in [0.25, 0.3) is 0 Å². The van der Waals surface area contributed by atoms with Gasteiger partial charge in [-0.15, -0.1) is 0 Å². The van der Waals surface area contributed by atoms with Gasteiger partial charge in [0.1, 0.15) is 0 Å². The van der Waals surface area contributed by atoms with Gasteiger partial charge in [-0.3, -0.25) is 4.90 Å². The third-order valence-corrected chi connectivity index (χ3v) is 5.20. The third kappa shape index (κ3) is 5.11. The summed E-state index contributed by atoms with van der Waals surface area (Å²) >= 11 is 0. The Bertz CT molecular complexity index is 1050. The van der Waals surface area contributed by atoms with E-state index in [1.54, 1.807) is 6.33 Å². The van der Waals surface area contributed by atoms with E-state index in [0.29, 0.717) is 0 Å². The van der Waals surface area contributed by atoms with E-state index in [-0.39, 0.29) is 0 Å². The van der Waals surface area contributed by atoms with Crippen molar-refractivity contribution in [2.45, 2.75) is 13.1 Å². The first-order valence-corrected chi connectivity index (χ1v) is 10.1. The number of likely N-dealkylation sites (N-methyl/N-ethyl adjacent to an activating group) is 1. The van der Waals surface area contributed by atoms with Gasteiger partial charge < -0.3 is 9.88 Å². The number of nitrogens with zero attached hydrogens (tertiary/aromatic N) is 3. The van der Waals surface area contributed by atoms with Gasteiger partial charge in [0.15, 0.2) is 0 Å². The first-order chi connectivity index (χ1) is 14.2. The predicted molar refractivity (Wildman–Crippen MR) is 121 cm³/mol. The summed E-state index contributed by atoms with van der Waals surface area (Å²) in [6, 6.07) is 26.0. The van der Waals surface area contributed by atoms with Crippen LogP contribution >= 0.6 is 0 Å². The molecule has 148 valence electrons. The minimum Gasteiger partial charge on any atom is -0.345 e. The van der Waals surface area contributed by atoms with Crippen LogP contribution in [-0.2, 0) is 13.1 Å². The Balaban J connectivity index is 1.54. The van der Waals surface area contributed by atoms with E-state index in [1.807, 2.05) is 0 Å². The first-order valence-electron chi connectivity index (χ1n) is 10.1. The first kappa shape index (κ1) is 19.4. The van der Waals surface area contributed by atoms with Crippen LogP contribution in [0, 0.1) is 0 Å². The lowest BCUT2D eigenvalue weighted by Gasteiger charge is -2.24. The zero-order valence-corrected chi connectivity index (χ0v) is 17.2. The Kier molecular flexibility index (Phi) is 6.03. The second-order valence-electron chi connectivity index (χ2n) is 7.83. The molecular formula is C25H28N4. The number of imidazole rings is 1. The molecule has 4 aromatic rings. The number of fused-ring (bicyclic) bond motifs is 1. The van der Waals surface area contributed by atoms with Crippen molar-refractivity contribution in [2.75, 3.05) is 27.2 Å². The molecule has 0 spiro atoms. The summed E-state index contributed by atoms with van der Waals surface area (Å²) in [6.07, 6.45) is 1.75. The molecule has 0 bridgehead atoms. The number of H-pyrrole nitrogens is 1. The van der Waals surface area contributed by atoms with Gasteiger partial charge in [0.05, 0.1) is 17.4 Å². The van der Waals surface area contributed by atoms with Gasteiger partial charge in [-0.05, 0) is 54.5 Å². The zero-order valence-electron chi connectivity index (χ0n) is 17.2. The van der Waals surface area contributed by atoms with Crippen molar-refractivity contribution >= 4 is 11.0 Å². The lowest BCUT2D eigenvalue weighted by Crippen LogP contribution is -2.31. The average Bonchev–Trinajstić information content (AvgIpc) is 3.21. The lowest BCUT2D eigenvalue weighted by molar-refractivity contribution is 0.226. The lowest BCUT2D eigenvalue weighted by atomic mass is 10.0. The number of nitrogens with one attached hydrogen (secondary N) is 1. The van der Waals surface area contributed by atoms with Crippen molar-refractivity contribution in [1.29, 1.82) is 0 Å². The van der Waals surface area contributed by atoms with Gasteiger partial charge in [-0.2, -0.15) is 0 Å². The van der Waals surface area contributed by atoms with Crippen LogP contribution in [0.2, 0.25) is 0 Å². The van der Waals surface area contributed by atoms with Crippen LogP contribution in [0.5, 0.6) is 0 Å². The van der Waals surface area contributed by atoms with E-state index in [4.69, 9.17) is 0 Å². The SMILES string of the molecule is CN(C)CCN(Cc1ccccc1)Cc1cccc(-c2ccc3nc[nH]c3c2)c1. The monoisotopic (exact) mass is 384 g/mol. The minimum atomic E-state index is 0.933. The number of hydrogen-bond donors (Lipinski definition) is 1. The van der Waals surface area contributed by atoms with Gasteiger partial charge in [-0.25, -0.2) is 4.98 Å². The molecule has 1 N–H and O–H groups in total. The van der Waals surface area contributed by atoms with E-state index in [1.165, 1.54) is 22.3 Å². The van der Waals surface area contributed by atoms with Crippen LogP contribution in [-0.4, -0.2) is 47.0 Å². The molecule has 0 saturated heterocycles. The van der Waals surface area contributed by atoms with Crippen molar-refractivity contribution in [3.8, 4) is 11.1 Å². The van der Waals surface area contributed by atoms with Crippen LogP contribution in [0.4, 0.5) is 0 Å². The number of rotatable bonds is 8. The van der Waals surface area contributed by atoms with Crippen LogP contribution in [0.15, 0.2) is 79.1 Å². The molecule has 29 heavy (non-hydrogen) atoms. The smallest absolute Gasteiger partial charge is 0.0931 e. The second kappa shape index (κ2) is 9.03. The summed E-state index contributed by atoms with van der Waals surface area (Å²) in [5.74, 6) is 0. The number of aromatic nitrogens is 2. The van der Waals surface area contributed by atoms with Gasteiger partial charge >= 0.3 is 0 Å². The highest BCUT2D eigenvalue weighted by Crippen LogP contribution is 2.24. The predicted octanol–water partition coefficient (Wildman–Crippen LogP) is 4.79. The molecule has 0 radical (unpaired) electrons. The average molecular weight is 385 g/mol. The molecule has 1 heterocycles. The summed E-state index contributed by atoms with van der Waals surface area (Å²) in [4.78, 5) is 12.3. The summed E-state index contributed by atoms with van der Waals surface area (Å²) in [5.41, 5.74) is 7.22. The molecule has 0 aliphatic rings. The Morgan fingerprint density at radius 1 is 0.759 bits per heavy atom. The number of benzene rings is 3. The van der Waals surface area contributed by atoms with E-state index >= 15 is 0 Å².